The number of guanidine groups is 1. The second kappa shape index (κ2) is 11.1. The van der Waals surface area contributed by atoms with E-state index in [-0.39, 0.29) is 0 Å². The Kier molecular flexibility index (Phi) is 8.18. The number of nitrogens with zero attached hydrogens (tertiary/aromatic N) is 2. The lowest BCUT2D eigenvalue weighted by Crippen LogP contribution is -2.48. The van der Waals surface area contributed by atoms with Gasteiger partial charge in [0.1, 0.15) is 0 Å². The van der Waals surface area contributed by atoms with Crippen molar-refractivity contribution >= 4 is 5.96 Å². The van der Waals surface area contributed by atoms with Crippen LogP contribution in [0.2, 0.25) is 0 Å². The Labute approximate surface area is 163 Å². The molecule has 27 heavy (non-hydrogen) atoms. The van der Waals surface area contributed by atoms with Crippen LogP contribution in [0.3, 0.4) is 0 Å². The summed E-state index contributed by atoms with van der Waals surface area (Å²) in [7, 11) is 0. The highest BCUT2D eigenvalue weighted by atomic mass is 16.5. The number of benzene rings is 1. The lowest BCUT2D eigenvalue weighted by Gasteiger charge is -2.33. The van der Waals surface area contributed by atoms with Gasteiger partial charge in [-0.1, -0.05) is 42.0 Å². The minimum absolute atomic E-state index is 0.511. The molecule has 2 aliphatic heterocycles. The number of hydrogen-bond acceptors (Lipinski definition) is 3. The lowest BCUT2D eigenvalue weighted by atomic mass is 10.0. The standard InChI is InChI=1S/C22H34N4O/c1-2-23-22(24-13-8-19-11-16-27-17-12-19)25-21-9-14-26(15-10-21)18-20-6-4-3-5-7-20/h3-7,11,21H,2,8-10,12-18H2,1H3,(H2,23,24,25). The van der Waals surface area contributed by atoms with Gasteiger partial charge in [0, 0.05) is 38.8 Å². The van der Waals surface area contributed by atoms with Crippen LogP contribution >= 0.6 is 0 Å². The SMILES string of the molecule is CCNC(=NCCC1=CCOCC1)NC1CCN(Cc2ccccc2)CC1. The number of piperidine rings is 1. The van der Waals surface area contributed by atoms with Gasteiger partial charge in [-0.15, -0.1) is 0 Å². The molecule has 2 aliphatic rings. The molecule has 0 saturated carbocycles. The van der Waals surface area contributed by atoms with E-state index >= 15 is 0 Å². The lowest BCUT2D eigenvalue weighted by molar-refractivity contribution is 0.153. The van der Waals surface area contributed by atoms with Gasteiger partial charge in [-0.2, -0.15) is 0 Å². The first-order chi connectivity index (χ1) is 13.3. The fraction of sp³-hybridized carbons (Fsp3) is 0.591. The minimum atomic E-state index is 0.511. The van der Waals surface area contributed by atoms with Crippen molar-refractivity contribution in [2.24, 2.45) is 4.99 Å². The Morgan fingerprint density at radius 2 is 2.04 bits per heavy atom. The molecule has 2 N–H and O–H groups in total. The van der Waals surface area contributed by atoms with Crippen LogP contribution in [-0.4, -0.2) is 56.3 Å². The van der Waals surface area contributed by atoms with Crippen molar-refractivity contribution in [3.8, 4) is 0 Å². The average molecular weight is 371 g/mol. The van der Waals surface area contributed by atoms with Gasteiger partial charge in [-0.05, 0) is 38.2 Å². The van der Waals surface area contributed by atoms with Crippen molar-refractivity contribution in [1.82, 2.24) is 15.5 Å². The third kappa shape index (κ3) is 7.00. The molecule has 1 aromatic carbocycles. The zero-order chi connectivity index (χ0) is 18.7. The summed E-state index contributed by atoms with van der Waals surface area (Å²) in [6, 6.07) is 11.3. The summed E-state index contributed by atoms with van der Waals surface area (Å²) in [6.45, 7) is 8.82. The molecule has 0 atom stereocenters. The Morgan fingerprint density at radius 3 is 2.74 bits per heavy atom. The quantitative estimate of drug-likeness (QED) is 0.440. The molecule has 0 amide bonds. The van der Waals surface area contributed by atoms with Gasteiger partial charge in [0.05, 0.1) is 13.2 Å². The summed E-state index contributed by atoms with van der Waals surface area (Å²) in [5.74, 6) is 0.965. The zero-order valence-corrected chi connectivity index (χ0v) is 16.6. The monoisotopic (exact) mass is 370 g/mol. The number of nitrogens with one attached hydrogen (secondary N) is 2. The van der Waals surface area contributed by atoms with Crippen molar-refractivity contribution in [1.29, 1.82) is 0 Å². The largest absolute Gasteiger partial charge is 0.377 e. The van der Waals surface area contributed by atoms with Gasteiger partial charge in [-0.3, -0.25) is 9.89 Å². The molecule has 0 unspecified atom stereocenters. The minimum Gasteiger partial charge on any atom is -0.377 e. The van der Waals surface area contributed by atoms with Crippen LogP contribution in [0.25, 0.3) is 0 Å². The Morgan fingerprint density at radius 1 is 1.22 bits per heavy atom. The highest BCUT2D eigenvalue weighted by molar-refractivity contribution is 5.80. The summed E-state index contributed by atoms with van der Waals surface area (Å²) in [4.78, 5) is 7.34. The molecule has 0 spiro atoms. The maximum absolute atomic E-state index is 5.37. The first kappa shape index (κ1) is 19.9. The highest BCUT2D eigenvalue weighted by Crippen LogP contribution is 2.14. The van der Waals surface area contributed by atoms with Crippen LogP contribution < -0.4 is 10.6 Å². The predicted molar refractivity (Wildman–Crippen MR) is 112 cm³/mol. The second-order valence-electron chi connectivity index (χ2n) is 7.38. The fourth-order valence-corrected chi connectivity index (χ4v) is 3.69. The van der Waals surface area contributed by atoms with Crippen molar-refractivity contribution < 1.29 is 4.74 Å². The van der Waals surface area contributed by atoms with E-state index in [9.17, 15) is 0 Å². The van der Waals surface area contributed by atoms with E-state index in [2.05, 4.69) is 58.9 Å². The maximum Gasteiger partial charge on any atom is 0.191 e. The van der Waals surface area contributed by atoms with E-state index in [1.165, 1.54) is 24.0 Å². The van der Waals surface area contributed by atoms with Gasteiger partial charge >= 0.3 is 0 Å². The van der Waals surface area contributed by atoms with Crippen LogP contribution in [0.5, 0.6) is 0 Å². The molecule has 1 fully saturated rings. The van der Waals surface area contributed by atoms with Gasteiger partial charge in [0.25, 0.3) is 0 Å². The van der Waals surface area contributed by atoms with Crippen molar-refractivity contribution in [2.75, 3.05) is 39.4 Å². The highest BCUT2D eigenvalue weighted by Gasteiger charge is 2.20. The van der Waals surface area contributed by atoms with Gasteiger partial charge in [0.15, 0.2) is 5.96 Å². The number of likely N-dealkylation sites (tertiary alicyclic amines) is 1. The van der Waals surface area contributed by atoms with Gasteiger partial charge in [0.2, 0.25) is 0 Å². The van der Waals surface area contributed by atoms with Crippen LogP contribution in [0.15, 0.2) is 47.0 Å². The molecule has 5 nitrogen and oxygen atoms in total. The van der Waals surface area contributed by atoms with Crippen LogP contribution in [0.1, 0.15) is 38.2 Å². The molecule has 1 saturated heterocycles. The second-order valence-corrected chi connectivity index (χ2v) is 7.38. The molecule has 148 valence electrons. The molecule has 0 bridgehead atoms. The molecule has 5 heteroatoms. The third-order valence-corrected chi connectivity index (χ3v) is 5.28. The predicted octanol–water partition coefficient (Wildman–Crippen LogP) is 2.94. The van der Waals surface area contributed by atoms with E-state index in [4.69, 9.17) is 9.73 Å². The Balaban J connectivity index is 1.42. The number of hydrogen-bond donors (Lipinski definition) is 2. The number of ether oxygens (including phenoxy) is 1. The third-order valence-electron chi connectivity index (χ3n) is 5.28. The maximum atomic E-state index is 5.37. The van der Waals surface area contributed by atoms with Crippen LogP contribution in [-0.2, 0) is 11.3 Å². The Hall–Kier alpha value is -1.85. The molecule has 0 aromatic heterocycles. The molecular weight excluding hydrogens is 336 g/mol. The summed E-state index contributed by atoms with van der Waals surface area (Å²) in [6.07, 6.45) is 6.64. The van der Waals surface area contributed by atoms with Gasteiger partial charge < -0.3 is 15.4 Å². The smallest absolute Gasteiger partial charge is 0.191 e. The van der Waals surface area contributed by atoms with E-state index in [1.54, 1.807) is 0 Å². The topological polar surface area (TPSA) is 48.9 Å². The van der Waals surface area contributed by atoms with Crippen molar-refractivity contribution in [3.05, 3.63) is 47.5 Å². The zero-order valence-electron chi connectivity index (χ0n) is 16.6. The number of rotatable bonds is 7. The molecule has 2 heterocycles. The molecule has 0 aliphatic carbocycles. The van der Waals surface area contributed by atoms with E-state index < -0.39 is 0 Å². The first-order valence-corrected chi connectivity index (χ1v) is 10.4. The molecule has 0 radical (unpaired) electrons. The summed E-state index contributed by atoms with van der Waals surface area (Å²) >= 11 is 0. The summed E-state index contributed by atoms with van der Waals surface area (Å²) < 4.78 is 5.37. The van der Waals surface area contributed by atoms with E-state index in [0.29, 0.717) is 6.04 Å². The molecular formula is C22H34N4O. The van der Waals surface area contributed by atoms with Crippen molar-refractivity contribution in [3.63, 3.8) is 0 Å². The normalized spacial score (nSPS) is 19.6. The molecule has 1 aromatic rings. The first-order valence-electron chi connectivity index (χ1n) is 10.4. The number of aliphatic imine (C=N–C) groups is 1. The van der Waals surface area contributed by atoms with Crippen LogP contribution in [0.4, 0.5) is 0 Å². The average Bonchev–Trinajstić information content (AvgIpc) is 2.71. The van der Waals surface area contributed by atoms with Crippen molar-refractivity contribution in [2.45, 2.75) is 45.2 Å². The molecule has 3 rings (SSSR count). The Bertz CT molecular complexity index is 606. The summed E-state index contributed by atoms with van der Waals surface area (Å²) in [5, 5.41) is 7.05. The van der Waals surface area contributed by atoms with E-state index in [0.717, 1.165) is 64.7 Å². The summed E-state index contributed by atoms with van der Waals surface area (Å²) in [5.41, 5.74) is 2.89. The van der Waals surface area contributed by atoms with Crippen LogP contribution in [0, 0.1) is 0 Å². The van der Waals surface area contributed by atoms with Gasteiger partial charge in [-0.25, -0.2) is 0 Å². The fourth-order valence-electron chi connectivity index (χ4n) is 3.69. The van der Waals surface area contributed by atoms with E-state index in [1.807, 2.05) is 0 Å².